The maximum absolute atomic E-state index is 5.77. The minimum atomic E-state index is 1.06. The first kappa shape index (κ1) is 15.7. The van der Waals surface area contributed by atoms with Crippen LogP contribution in [0.1, 0.15) is 57.4 Å². The highest BCUT2D eigenvalue weighted by Gasteiger charge is 2.19. The highest BCUT2D eigenvalue weighted by molar-refractivity contribution is 5.86. The summed E-state index contributed by atoms with van der Waals surface area (Å²) in [5.74, 6) is 3.96. The number of anilines is 1. The van der Waals surface area contributed by atoms with Gasteiger partial charge in [-0.15, -0.1) is 6.42 Å². The van der Waals surface area contributed by atoms with Crippen LogP contribution in [0.15, 0.2) is 29.8 Å². The molecule has 2 rings (SSSR count). The fourth-order valence-electron chi connectivity index (χ4n) is 2.88. The molecular weight excluding hydrogens is 254 g/mol. The Morgan fingerprint density at radius 3 is 2.67 bits per heavy atom. The summed E-state index contributed by atoms with van der Waals surface area (Å²) in [4.78, 5) is 0. The Balaban J connectivity index is 1.94. The Hall–Kier alpha value is -1.68. The summed E-state index contributed by atoms with van der Waals surface area (Å²) in [5.41, 5.74) is 4.66. The smallest absolute Gasteiger partial charge is 0.0423 e. The van der Waals surface area contributed by atoms with Crippen LogP contribution in [-0.4, -0.2) is 7.05 Å². The topological polar surface area (TPSA) is 12.0 Å². The Morgan fingerprint density at radius 2 is 2.00 bits per heavy atom. The molecular formula is C20H27N. The van der Waals surface area contributed by atoms with Gasteiger partial charge in [0.2, 0.25) is 0 Å². The molecule has 0 spiro atoms. The molecule has 1 heteroatoms. The molecule has 1 aromatic rings. The molecule has 0 amide bonds. The van der Waals surface area contributed by atoms with Crippen LogP contribution in [0.2, 0.25) is 0 Å². The van der Waals surface area contributed by atoms with E-state index in [9.17, 15) is 0 Å². The van der Waals surface area contributed by atoms with Crippen molar-refractivity contribution in [1.29, 1.82) is 0 Å². The summed E-state index contributed by atoms with van der Waals surface area (Å²) in [7, 11) is 1.94. The lowest BCUT2D eigenvalue weighted by Gasteiger charge is -2.12. The maximum atomic E-state index is 5.77. The average molecular weight is 281 g/mol. The molecule has 1 aromatic carbocycles. The summed E-state index contributed by atoms with van der Waals surface area (Å²) in [6.45, 7) is 2.18. The molecule has 1 aliphatic rings. The predicted octanol–water partition coefficient (Wildman–Crippen LogP) is 5.50. The zero-order valence-corrected chi connectivity index (χ0v) is 13.4. The third-order valence-corrected chi connectivity index (χ3v) is 4.40. The average Bonchev–Trinajstić information content (AvgIpc) is 3.32. The van der Waals surface area contributed by atoms with Gasteiger partial charge in [0.05, 0.1) is 0 Å². The molecule has 0 saturated heterocycles. The van der Waals surface area contributed by atoms with E-state index in [0.29, 0.717) is 0 Å². The van der Waals surface area contributed by atoms with E-state index in [2.05, 4.69) is 36.4 Å². The lowest BCUT2D eigenvalue weighted by Crippen LogP contribution is -1.96. The second-order valence-electron chi connectivity index (χ2n) is 6.14. The van der Waals surface area contributed by atoms with Gasteiger partial charge in [-0.05, 0) is 31.7 Å². The fourth-order valence-corrected chi connectivity index (χ4v) is 2.88. The number of allylic oxidation sites excluding steroid dienone is 2. The van der Waals surface area contributed by atoms with Gasteiger partial charge in [0.15, 0.2) is 0 Å². The van der Waals surface area contributed by atoms with Crippen LogP contribution in [0, 0.1) is 18.3 Å². The van der Waals surface area contributed by atoms with E-state index < -0.39 is 0 Å². The van der Waals surface area contributed by atoms with Gasteiger partial charge >= 0.3 is 0 Å². The SMILES string of the molecule is C#C/C(=C(/C)CCCCCC1CC1)c1ccccc1NC. The van der Waals surface area contributed by atoms with Crippen molar-refractivity contribution in [1.82, 2.24) is 0 Å². The molecule has 1 fully saturated rings. The lowest BCUT2D eigenvalue weighted by atomic mass is 9.96. The molecule has 0 heterocycles. The number of para-hydroxylation sites is 1. The van der Waals surface area contributed by atoms with E-state index in [1.54, 1.807) is 0 Å². The number of rotatable bonds is 8. The number of hydrogen-bond acceptors (Lipinski definition) is 1. The van der Waals surface area contributed by atoms with E-state index >= 15 is 0 Å². The molecule has 0 aliphatic heterocycles. The summed E-state index contributed by atoms with van der Waals surface area (Å²) in [6.07, 6.45) is 15.2. The number of terminal acetylenes is 1. The zero-order valence-electron chi connectivity index (χ0n) is 13.4. The highest BCUT2D eigenvalue weighted by Crippen LogP contribution is 2.34. The van der Waals surface area contributed by atoms with Gasteiger partial charge < -0.3 is 5.32 Å². The van der Waals surface area contributed by atoms with Crippen LogP contribution in [0.5, 0.6) is 0 Å². The van der Waals surface area contributed by atoms with E-state index in [1.165, 1.54) is 44.1 Å². The minimum Gasteiger partial charge on any atom is -0.388 e. The molecule has 1 nitrogen and oxygen atoms in total. The van der Waals surface area contributed by atoms with E-state index in [-0.39, 0.29) is 0 Å². The third-order valence-electron chi connectivity index (χ3n) is 4.40. The highest BCUT2D eigenvalue weighted by atomic mass is 14.8. The van der Waals surface area contributed by atoms with Gasteiger partial charge in [-0.1, -0.05) is 61.8 Å². The summed E-state index contributed by atoms with van der Waals surface area (Å²) < 4.78 is 0. The number of unbranched alkanes of at least 4 members (excludes halogenated alkanes) is 2. The molecule has 1 N–H and O–H groups in total. The van der Waals surface area contributed by atoms with E-state index in [0.717, 1.165) is 29.2 Å². The Labute approximate surface area is 129 Å². The van der Waals surface area contributed by atoms with Crippen molar-refractivity contribution in [2.75, 3.05) is 12.4 Å². The molecule has 0 unspecified atom stereocenters. The molecule has 1 aliphatic carbocycles. The van der Waals surface area contributed by atoms with E-state index in [1.807, 2.05) is 13.1 Å². The number of nitrogens with one attached hydrogen (secondary N) is 1. The van der Waals surface area contributed by atoms with Crippen molar-refractivity contribution in [2.24, 2.45) is 5.92 Å². The normalized spacial score (nSPS) is 15.3. The summed E-state index contributed by atoms with van der Waals surface area (Å²) in [5, 5.41) is 3.23. The van der Waals surface area contributed by atoms with Gasteiger partial charge in [0.25, 0.3) is 0 Å². The van der Waals surface area contributed by atoms with Crippen molar-refractivity contribution in [3.63, 3.8) is 0 Å². The van der Waals surface area contributed by atoms with Crippen molar-refractivity contribution in [3.05, 3.63) is 35.4 Å². The first-order valence-electron chi connectivity index (χ1n) is 8.19. The van der Waals surface area contributed by atoms with Crippen molar-refractivity contribution in [3.8, 4) is 12.3 Å². The first-order chi connectivity index (χ1) is 10.3. The molecule has 0 atom stereocenters. The molecule has 112 valence electrons. The van der Waals surface area contributed by atoms with Gasteiger partial charge in [-0.2, -0.15) is 0 Å². The van der Waals surface area contributed by atoms with Crippen molar-refractivity contribution in [2.45, 2.75) is 51.9 Å². The van der Waals surface area contributed by atoms with Gasteiger partial charge in [-0.3, -0.25) is 0 Å². The molecule has 0 bridgehead atoms. The fraction of sp³-hybridized carbons (Fsp3) is 0.500. The van der Waals surface area contributed by atoms with Crippen LogP contribution in [0.25, 0.3) is 5.57 Å². The van der Waals surface area contributed by atoms with Gasteiger partial charge in [-0.25, -0.2) is 0 Å². The van der Waals surface area contributed by atoms with Crippen molar-refractivity contribution >= 4 is 11.3 Å². The summed E-state index contributed by atoms with van der Waals surface area (Å²) in [6, 6.07) is 8.28. The maximum Gasteiger partial charge on any atom is 0.0423 e. The number of benzene rings is 1. The molecule has 0 aromatic heterocycles. The minimum absolute atomic E-state index is 1.06. The van der Waals surface area contributed by atoms with Crippen molar-refractivity contribution < 1.29 is 0 Å². The van der Waals surface area contributed by atoms with Crippen LogP contribution < -0.4 is 5.32 Å². The quantitative estimate of drug-likeness (QED) is 0.490. The first-order valence-corrected chi connectivity index (χ1v) is 8.19. The largest absolute Gasteiger partial charge is 0.388 e. The van der Waals surface area contributed by atoms with E-state index in [4.69, 9.17) is 6.42 Å². The Kier molecular flexibility index (Phi) is 5.93. The van der Waals surface area contributed by atoms with Crippen LogP contribution in [0.3, 0.4) is 0 Å². The second kappa shape index (κ2) is 7.93. The van der Waals surface area contributed by atoms with Gasteiger partial charge in [0, 0.05) is 23.9 Å². The third kappa shape index (κ3) is 4.67. The van der Waals surface area contributed by atoms with Gasteiger partial charge in [0.1, 0.15) is 0 Å². The zero-order chi connectivity index (χ0) is 15.1. The monoisotopic (exact) mass is 281 g/mol. The second-order valence-corrected chi connectivity index (χ2v) is 6.14. The summed E-state index contributed by atoms with van der Waals surface area (Å²) >= 11 is 0. The molecule has 1 saturated carbocycles. The van der Waals surface area contributed by atoms with Crippen LogP contribution in [0.4, 0.5) is 5.69 Å². The Bertz CT molecular complexity index is 529. The molecule has 21 heavy (non-hydrogen) atoms. The van der Waals surface area contributed by atoms with Crippen LogP contribution in [-0.2, 0) is 0 Å². The number of hydrogen-bond donors (Lipinski definition) is 1. The van der Waals surface area contributed by atoms with Crippen LogP contribution >= 0.6 is 0 Å². The lowest BCUT2D eigenvalue weighted by molar-refractivity contribution is 0.602. The standard InChI is InChI=1S/C20H27N/c1-4-18(19-12-8-9-13-20(19)21-3)16(2)10-6-5-7-11-17-14-15-17/h1,8-9,12-13,17,21H,5-7,10-11,14-15H2,2-3H3/b18-16+. The molecule has 0 radical (unpaired) electrons. The Morgan fingerprint density at radius 1 is 1.24 bits per heavy atom. The predicted molar refractivity (Wildman–Crippen MR) is 93.2 cm³/mol.